The Labute approximate surface area is 118 Å². The molecule has 2 heteroatoms. The molecule has 108 valence electrons. The van der Waals surface area contributed by atoms with E-state index in [-0.39, 0.29) is 0 Å². The van der Waals surface area contributed by atoms with Gasteiger partial charge in [0.15, 0.2) is 0 Å². The van der Waals surface area contributed by atoms with Gasteiger partial charge in [-0.25, -0.2) is 0 Å². The van der Waals surface area contributed by atoms with Crippen molar-refractivity contribution >= 4 is 0 Å². The van der Waals surface area contributed by atoms with E-state index in [1.165, 1.54) is 44.9 Å². The summed E-state index contributed by atoms with van der Waals surface area (Å²) >= 11 is 0. The summed E-state index contributed by atoms with van der Waals surface area (Å²) in [4.78, 5) is 0. The van der Waals surface area contributed by atoms with Crippen LogP contribution in [-0.4, -0.2) is 12.1 Å². The van der Waals surface area contributed by atoms with Crippen LogP contribution in [0.15, 0.2) is 22.8 Å². The second-order valence-electron chi connectivity index (χ2n) is 6.21. The first-order chi connectivity index (χ1) is 9.28. The summed E-state index contributed by atoms with van der Waals surface area (Å²) in [6.45, 7) is 4.59. The third-order valence-corrected chi connectivity index (χ3v) is 4.39. The fraction of sp³-hybridized carbons (Fsp3) is 0.765. The van der Waals surface area contributed by atoms with Crippen LogP contribution in [0.5, 0.6) is 0 Å². The molecule has 1 saturated carbocycles. The minimum atomic E-state index is 0.513. The van der Waals surface area contributed by atoms with E-state index in [2.05, 4.69) is 25.2 Å². The molecule has 1 N–H and O–H groups in total. The molecule has 3 atom stereocenters. The number of hydrogen-bond donors (Lipinski definition) is 1. The van der Waals surface area contributed by atoms with E-state index >= 15 is 0 Å². The van der Waals surface area contributed by atoms with Crippen LogP contribution in [-0.2, 0) is 6.42 Å². The molecule has 0 saturated heterocycles. The van der Waals surface area contributed by atoms with E-state index in [0.717, 1.165) is 18.1 Å². The van der Waals surface area contributed by atoms with Crippen molar-refractivity contribution in [3.05, 3.63) is 24.2 Å². The summed E-state index contributed by atoms with van der Waals surface area (Å²) in [5.74, 6) is 2.08. The van der Waals surface area contributed by atoms with Crippen molar-refractivity contribution < 1.29 is 4.42 Å². The van der Waals surface area contributed by atoms with Gasteiger partial charge in [-0.3, -0.25) is 0 Å². The normalized spacial score (nSPS) is 26.0. The summed E-state index contributed by atoms with van der Waals surface area (Å²) in [6, 6.07) is 5.27. The molecule has 2 rings (SSSR count). The van der Waals surface area contributed by atoms with Crippen LogP contribution in [0.25, 0.3) is 0 Å². The maximum absolute atomic E-state index is 5.43. The second kappa shape index (κ2) is 7.74. The highest BCUT2D eigenvalue weighted by Crippen LogP contribution is 2.27. The zero-order valence-corrected chi connectivity index (χ0v) is 12.5. The van der Waals surface area contributed by atoms with Crippen LogP contribution in [0.1, 0.15) is 64.6 Å². The van der Waals surface area contributed by atoms with Crippen LogP contribution in [0, 0.1) is 5.92 Å². The lowest BCUT2D eigenvalue weighted by atomic mass is 9.95. The minimum Gasteiger partial charge on any atom is -0.469 e. The monoisotopic (exact) mass is 263 g/mol. The van der Waals surface area contributed by atoms with E-state index < -0.39 is 0 Å². The second-order valence-corrected chi connectivity index (χ2v) is 6.21. The predicted octanol–water partition coefficient (Wildman–Crippen LogP) is 4.55. The molecule has 19 heavy (non-hydrogen) atoms. The molecule has 0 amide bonds. The van der Waals surface area contributed by atoms with Gasteiger partial charge in [0, 0.05) is 18.5 Å². The Hall–Kier alpha value is -0.760. The van der Waals surface area contributed by atoms with Crippen molar-refractivity contribution in [3.8, 4) is 0 Å². The number of hydrogen-bond acceptors (Lipinski definition) is 2. The van der Waals surface area contributed by atoms with Crippen molar-refractivity contribution in [1.29, 1.82) is 0 Å². The third-order valence-electron chi connectivity index (χ3n) is 4.39. The van der Waals surface area contributed by atoms with Gasteiger partial charge in [0.05, 0.1) is 6.26 Å². The number of rotatable bonds is 6. The number of furan rings is 1. The Bertz CT molecular complexity index is 333. The van der Waals surface area contributed by atoms with E-state index in [0.29, 0.717) is 12.1 Å². The Balaban J connectivity index is 1.73. The highest BCUT2D eigenvalue weighted by Gasteiger charge is 2.19. The van der Waals surface area contributed by atoms with Gasteiger partial charge in [0.25, 0.3) is 0 Å². The van der Waals surface area contributed by atoms with Gasteiger partial charge >= 0.3 is 0 Å². The van der Waals surface area contributed by atoms with Gasteiger partial charge in [0.1, 0.15) is 5.76 Å². The van der Waals surface area contributed by atoms with Gasteiger partial charge in [-0.1, -0.05) is 32.6 Å². The van der Waals surface area contributed by atoms with Crippen LogP contribution in [0.3, 0.4) is 0 Å². The van der Waals surface area contributed by atoms with Crippen LogP contribution >= 0.6 is 0 Å². The molecule has 1 heterocycles. The zero-order valence-electron chi connectivity index (χ0n) is 12.5. The molecule has 1 aliphatic carbocycles. The van der Waals surface area contributed by atoms with Crippen molar-refractivity contribution in [3.63, 3.8) is 0 Å². The fourth-order valence-corrected chi connectivity index (χ4v) is 3.43. The van der Waals surface area contributed by atoms with E-state index in [1.54, 1.807) is 6.26 Å². The maximum atomic E-state index is 5.43. The van der Waals surface area contributed by atoms with E-state index in [1.807, 2.05) is 6.07 Å². The molecule has 1 fully saturated rings. The summed E-state index contributed by atoms with van der Waals surface area (Å²) in [5.41, 5.74) is 0. The molecule has 0 aliphatic heterocycles. The summed E-state index contributed by atoms with van der Waals surface area (Å²) in [5, 5.41) is 3.80. The molecule has 3 unspecified atom stereocenters. The SMILES string of the molecule is CCCC1CCCC(NC(C)Cc2ccco2)CC1. The first-order valence-corrected chi connectivity index (χ1v) is 8.06. The van der Waals surface area contributed by atoms with E-state index in [4.69, 9.17) is 4.42 Å². The van der Waals surface area contributed by atoms with Gasteiger partial charge < -0.3 is 9.73 Å². The average Bonchev–Trinajstić information content (AvgIpc) is 2.78. The quantitative estimate of drug-likeness (QED) is 0.762. The van der Waals surface area contributed by atoms with Gasteiger partial charge in [-0.15, -0.1) is 0 Å². The smallest absolute Gasteiger partial charge is 0.105 e. The topological polar surface area (TPSA) is 25.2 Å². The highest BCUT2D eigenvalue weighted by molar-refractivity contribution is 5.00. The lowest BCUT2D eigenvalue weighted by molar-refractivity contribution is 0.375. The summed E-state index contributed by atoms with van der Waals surface area (Å²) in [7, 11) is 0. The summed E-state index contributed by atoms with van der Waals surface area (Å²) < 4.78 is 5.43. The lowest BCUT2D eigenvalue weighted by Crippen LogP contribution is -2.37. The molecular formula is C17H29NO. The van der Waals surface area contributed by atoms with Crippen molar-refractivity contribution in [2.45, 2.75) is 77.3 Å². The molecular weight excluding hydrogens is 234 g/mol. The molecule has 1 aromatic heterocycles. The van der Waals surface area contributed by atoms with Crippen LogP contribution < -0.4 is 5.32 Å². The minimum absolute atomic E-state index is 0.513. The van der Waals surface area contributed by atoms with Crippen molar-refractivity contribution in [1.82, 2.24) is 5.32 Å². The third kappa shape index (κ3) is 5.02. The number of nitrogens with one attached hydrogen (secondary N) is 1. The van der Waals surface area contributed by atoms with Crippen molar-refractivity contribution in [2.24, 2.45) is 5.92 Å². The van der Waals surface area contributed by atoms with Gasteiger partial charge in [-0.05, 0) is 44.2 Å². The Morgan fingerprint density at radius 2 is 2.21 bits per heavy atom. The van der Waals surface area contributed by atoms with Gasteiger partial charge in [0.2, 0.25) is 0 Å². The first-order valence-electron chi connectivity index (χ1n) is 8.06. The average molecular weight is 263 g/mol. The Morgan fingerprint density at radius 1 is 1.32 bits per heavy atom. The Kier molecular flexibility index (Phi) is 5.96. The predicted molar refractivity (Wildman–Crippen MR) is 80.3 cm³/mol. The van der Waals surface area contributed by atoms with Gasteiger partial charge in [-0.2, -0.15) is 0 Å². The summed E-state index contributed by atoms with van der Waals surface area (Å²) in [6.07, 6.45) is 12.5. The lowest BCUT2D eigenvalue weighted by Gasteiger charge is -2.21. The first kappa shape index (κ1) is 14.6. The van der Waals surface area contributed by atoms with Crippen LogP contribution in [0.4, 0.5) is 0 Å². The molecule has 1 aliphatic rings. The zero-order chi connectivity index (χ0) is 13.5. The maximum Gasteiger partial charge on any atom is 0.105 e. The Morgan fingerprint density at radius 3 is 2.95 bits per heavy atom. The molecule has 0 spiro atoms. The largest absolute Gasteiger partial charge is 0.469 e. The molecule has 0 radical (unpaired) electrons. The highest BCUT2D eigenvalue weighted by atomic mass is 16.3. The standard InChI is InChI=1S/C17H29NO/c1-3-6-15-7-4-8-16(11-10-15)18-14(2)13-17-9-5-12-19-17/h5,9,12,14-16,18H,3-4,6-8,10-11,13H2,1-2H3. The molecule has 1 aromatic rings. The fourth-order valence-electron chi connectivity index (χ4n) is 3.43. The molecule has 2 nitrogen and oxygen atoms in total. The molecule has 0 bridgehead atoms. The molecule has 0 aromatic carbocycles. The van der Waals surface area contributed by atoms with E-state index in [9.17, 15) is 0 Å². The van der Waals surface area contributed by atoms with Crippen LogP contribution in [0.2, 0.25) is 0 Å². The van der Waals surface area contributed by atoms with Crippen molar-refractivity contribution in [2.75, 3.05) is 0 Å².